The Labute approximate surface area is 107 Å². The highest BCUT2D eigenvalue weighted by Crippen LogP contribution is 2.31. The van der Waals surface area contributed by atoms with Crippen molar-refractivity contribution >= 4 is 6.09 Å². The van der Waals surface area contributed by atoms with Crippen LogP contribution in [-0.4, -0.2) is 23.4 Å². The first-order valence-corrected chi connectivity index (χ1v) is 6.17. The summed E-state index contributed by atoms with van der Waals surface area (Å²) in [6.07, 6.45) is 0.373. The van der Waals surface area contributed by atoms with E-state index in [1.54, 1.807) is 0 Å². The van der Waals surface area contributed by atoms with Gasteiger partial charge >= 0.3 is 6.09 Å². The molecule has 1 fully saturated rings. The molecule has 0 aliphatic carbocycles. The maximum Gasteiger partial charge on any atom is 0.435 e. The molecule has 0 spiro atoms. The van der Waals surface area contributed by atoms with Crippen molar-refractivity contribution in [3.8, 4) is 0 Å². The number of carbonyl (C=O) groups excluding carboxylic acids is 1. The van der Waals surface area contributed by atoms with E-state index >= 15 is 0 Å². The van der Waals surface area contributed by atoms with Gasteiger partial charge < -0.3 is 4.74 Å². The predicted octanol–water partition coefficient (Wildman–Crippen LogP) is 3.30. The summed E-state index contributed by atoms with van der Waals surface area (Å²) in [7, 11) is 0. The van der Waals surface area contributed by atoms with Crippen molar-refractivity contribution in [2.45, 2.75) is 38.8 Å². The minimum Gasteiger partial charge on any atom is -0.442 e. The fourth-order valence-electron chi connectivity index (χ4n) is 1.93. The summed E-state index contributed by atoms with van der Waals surface area (Å²) in [5.41, 5.74) is 0.561. The Kier molecular flexibility index (Phi) is 3.57. The van der Waals surface area contributed by atoms with E-state index in [4.69, 9.17) is 9.57 Å². The molecule has 1 aromatic rings. The Morgan fingerprint density at radius 2 is 2.00 bits per heavy atom. The van der Waals surface area contributed by atoms with Crippen molar-refractivity contribution < 1.29 is 14.4 Å². The van der Waals surface area contributed by atoms with Crippen LogP contribution in [0.4, 0.5) is 4.79 Å². The quantitative estimate of drug-likeness (QED) is 0.766. The Morgan fingerprint density at radius 3 is 2.61 bits per heavy atom. The van der Waals surface area contributed by atoms with Gasteiger partial charge in [-0.05, 0) is 26.3 Å². The maximum absolute atomic E-state index is 12.0. The molecule has 4 heteroatoms. The molecule has 18 heavy (non-hydrogen) atoms. The van der Waals surface area contributed by atoms with Crippen molar-refractivity contribution in [3.63, 3.8) is 0 Å². The highest BCUT2D eigenvalue weighted by molar-refractivity contribution is 5.67. The van der Waals surface area contributed by atoms with E-state index in [-0.39, 0.29) is 6.04 Å². The molecule has 0 N–H and O–H groups in total. The van der Waals surface area contributed by atoms with Crippen LogP contribution >= 0.6 is 0 Å². The number of rotatable bonds is 1. The predicted molar refractivity (Wildman–Crippen MR) is 67.8 cm³/mol. The van der Waals surface area contributed by atoms with E-state index in [0.717, 1.165) is 12.0 Å². The van der Waals surface area contributed by atoms with Crippen LogP contribution in [0.3, 0.4) is 0 Å². The van der Waals surface area contributed by atoms with Crippen LogP contribution in [-0.2, 0) is 9.57 Å². The fourth-order valence-corrected chi connectivity index (χ4v) is 1.93. The molecule has 1 atom stereocenters. The lowest BCUT2D eigenvalue weighted by molar-refractivity contribution is -0.125. The Morgan fingerprint density at radius 1 is 1.33 bits per heavy atom. The summed E-state index contributed by atoms with van der Waals surface area (Å²) in [5, 5.41) is 1.35. The molecule has 0 aromatic heterocycles. The van der Waals surface area contributed by atoms with E-state index in [1.807, 2.05) is 51.1 Å². The van der Waals surface area contributed by atoms with Crippen LogP contribution < -0.4 is 0 Å². The summed E-state index contributed by atoms with van der Waals surface area (Å²) in [6.45, 7) is 6.08. The molecule has 98 valence electrons. The average molecular weight is 249 g/mol. The average Bonchev–Trinajstić information content (AvgIpc) is 2.76. The lowest BCUT2D eigenvalue weighted by atomic mass is 10.1. The monoisotopic (exact) mass is 249 g/mol. The topological polar surface area (TPSA) is 38.8 Å². The van der Waals surface area contributed by atoms with Gasteiger partial charge in [-0.2, -0.15) is 5.06 Å². The number of carbonyl (C=O) groups is 1. The molecule has 1 unspecified atom stereocenters. The second-order valence-corrected chi connectivity index (χ2v) is 5.35. The zero-order chi connectivity index (χ0) is 13.2. The zero-order valence-electron chi connectivity index (χ0n) is 11.1. The van der Waals surface area contributed by atoms with E-state index in [0.29, 0.717) is 6.61 Å². The van der Waals surface area contributed by atoms with Gasteiger partial charge in [0.2, 0.25) is 0 Å². The molecule has 1 heterocycles. The summed E-state index contributed by atoms with van der Waals surface area (Å²) < 4.78 is 5.34. The van der Waals surface area contributed by atoms with Crippen LogP contribution in [0.15, 0.2) is 30.3 Å². The Balaban J connectivity index is 2.11. The number of nitrogens with zero attached hydrogens (tertiary/aromatic N) is 1. The Bertz CT molecular complexity index is 411. The lowest BCUT2D eigenvalue weighted by Crippen LogP contribution is -2.35. The SMILES string of the molecule is CC(C)(C)OC(=O)N1OCCC1c1ccccc1. The highest BCUT2D eigenvalue weighted by Gasteiger charge is 2.34. The maximum atomic E-state index is 12.0. The van der Waals surface area contributed by atoms with Crippen molar-refractivity contribution in [1.82, 2.24) is 5.06 Å². The van der Waals surface area contributed by atoms with Crippen LogP contribution in [0, 0.1) is 0 Å². The van der Waals surface area contributed by atoms with Crippen molar-refractivity contribution in [1.29, 1.82) is 0 Å². The first kappa shape index (κ1) is 12.9. The van der Waals surface area contributed by atoms with Crippen LogP contribution in [0.25, 0.3) is 0 Å². The van der Waals surface area contributed by atoms with Crippen LogP contribution in [0.5, 0.6) is 0 Å². The molecule has 1 aliphatic heterocycles. The second kappa shape index (κ2) is 4.98. The number of hydrogen-bond donors (Lipinski definition) is 0. The number of ether oxygens (including phenoxy) is 1. The number of benzene rings is 1. The smallest absolute Gasteiger partial charge is 0.435 e. The van der Waals surface area contributed by atoms with Gasteiger partial charge in [0.1, 0.15) is 5.60 Å². The molecule has 1 amide bonds. The third kappa shape index (κ3) is 3.01. The molecule has 1 saturated heterocycles. The standard InChI is InChI=1S/C14H19NO3/c1-14(2,3)18-13(16)15-12(9-10-17-15)11-7-5-4-6-8-11/h4-8,12H,9-10H2,1-3H3. The molecule has 0 radical (unpaired) electrons. The molecular weight excluding hydrogens is 230 g/mol. The van der Waals surface area contributed by atoms with Gasteiger partial charge in [0.15, 0.2) is 0 Å². The minimum atomic E-state index is -0.510. The van der Waals surface area contributed by atoms with E-state index in [1.165, 1.54) is 5.06 Å². The molecular formula is C14H19NO3. The fraction of sp³-hybridized carbons (Fsp3) is 0.500. The third-order valence-corrected chi connectivity index (χ3v) is 2.66. The van der Waals surface area contributed by atoms with Crippen molar-refractivity contribution in [2.75, 3.05) is 6.61 Å². The van der Waals surface area contributed by atoms with E-state index in [9.17, 15) is 4.79 Å². The lowest BCUT2D eigenvalue weighted by Gasteiger charge is -2.27. The molecule has 0 bridgehead atoms. The van der Waals surface area contributed by atoms with Gasteiger partial charge in [-0.15, -0.1) is 0 Å². The molecule has 1 aromatic carbocycles. The van der Waals surface area contributed by atoms with E-state index in [2.05, 4.69) is 0 Å². The number of hydroxylamine groups is 2. The van der Waals surface area contributed by atoms with Crippen molar-refractivity contribution in [3.05, 3.63) is 35.9 Å². The van der Waals surface area contributed by atoms with Gasteiger partial charge in [0.05, 0.1) is 12.6 Å². The summed E-state index contributed by atoms with van der Waals surface area (Å²) in [4.78, 5) is 17.4. The number of hydrogen-bond acceptors (Lipinski definition) is 3. The largest absolute Gasteiger partial charge is 0.442 e. The van der Waals surface area contributed by atoms with Gasteiger partial charge in [-0.3, -0.25) is 4.84 Å². The molecule has 4 nitrogen and oxygen atoms in total. The molecule has 0 saturated carbocycles. The summed E-state index contributed by atoms with van der Waals surface area (Å²) in [5.74, 6) is 0. The first-order valence-electron chi connectivity index (χ1n) is 6.17. The second-order valence-electron chi connectivity index (χ2n) is 5.35. The van der Waals surface area contributed by atoms with Crippen LogP contribution in [0.2, 0.25) is 0 Å². The van der Waals surface area contributed by atoms with Gasteiger partial charge in [0.25, 0.3) is 0 Å². The summed E-state index contributed by atoms with van der Waals surface area (Å²) >= 11 is 0. The normalized spacial score (nSPS) is 19.9. The third-order valence-electron chi connectivity index (χ3n) is 2.66. The van der Waals surface area contributed by atoms with Crippen LogP contribution in [0.1, 0.15) is 38.8 Å². The van der Waals surface area contributed by atoms with E-state index < -0.39 is 11.7 Å². The highest BCUT2D eigenvalue weighted by atomic mass is 16.7. The first-order chi connectivity index (χ1) is 8.47. The van der Waals surface area contributed by atoms with Crippen molar-refractivity contribution in [2.24, 2.45) is 0 Å². The molecule has 1 aliphatic rings. The van der Waals surface area contributed by atoms with Gasteiger partial charge in [0, 0.05) is 6.42 Å². The van der Waals surface area contributed by atoms with Gasteiger partial charge in [-0.1, -0.05) is 30.3 Å². The number of amides is 1. The zero-order valence-corrected chi connectivity index (χ0v) is 11.1. The van der Waals surface area contributed by atoms with Gasteiger partial charge in [-0.25, -0.2) is 4.79 Å². The Hall–Kier alpha value is -1.55. The summed E-state index contributed by atoms with van der Waals surface area (Å²) in [6, 6.07) is 9.81. The molecule has 2 rings (SSSR count). The minimum absolute atomic E-state index is 0.0546.